The average Bonchev–Trinajstić information content (AvgIpc) is 3.66. The third-order valence-electron chi connectivity index (χ3n) is 6.41. The maximum Gasteiger partial charge on any atom is 0.233 e. The van der Waals surface area contributed by atoms with Gasteiger partial charge < -0.3 is 19.3 Å². The molecule has 0 radical (unpaired) electrons. The average molecular weight is 494 g/mol. The predicted molar refractivity (Wildman–Crippen MR) is 136 cm³/mol. The van der Waals surface area contributed by atoms with Gasteiger partial charge in [0.2, 0.25) is 11.9 Å². The Hall–Kier alpha value is -3.04. The van der Waals surface area contributed by atoms with Gasteiger partial charge in [-0.2, -0.15) is 0 Å². The lowest BCUT2D eigenvalue weighted by atomic mass is 10.2. The summed E-state index contributed by atoms with van der Waals surface area (Å²) in [5.41, 5.74) is 3.27. The van der Waals surface area contributed by atoms with Gasteiger partial charge in [-0.05, 0) is 49.1 Å². The smallest absolute Gasteiger partial charge is 0.233 e. The first-order valence-corrected chi connectivity index (χ1v) is 13.0. The van der Waals surface area contributed by atoms with Crippen LogP contribution in [0.1, 0.15) is 24.0 Å². The van der Waals surface area contributed by atoms with Crippen molar-refractivity contribution in [3.8, 4) is 11.4 Å². The van der Waals surface area contributed by atoms with Gasteiger partial charge in [-0.25, -0.2) is 0 Å². The normalized spacial score (nSPS) is 15.8. The molecule has 8 nitrogen and oxygen atoms in total. The van der Waals surface area contributed by atoms with Crippen LogP contribution in [0.3, 0.4) is 0 Å². The first kappa shape index (κ1) is 23.7. The van der Waals surface area contributed by atoms with Crippen molar-refractivity contribution in [2.24, 2.45) is 0 Å². The molecular formula is C26H31N5O3S. The highest BCUT2D eigenvalue weighted by atomic mass is 32.2. The van der Waals surface area contributed by atoms with Crippen molar-refractivity contribution in [1.29, 1.82) is 0 Å². The largest absolute Gasteiger partial charge is 0.497 e. The molecule has 1 saturated carbocycles. The number of morpholine rings is 1. The summed E-state index contributed by atoms with van der Waals surface area (Å²) < 4.78 is 12.9. The quantitative estimate of drug-likeness (QED) is 0.421. The van der Waals surface area contributed by atoms with Crippen LogP contribution in [0.4, 0.5) is 5.95 Å². The van der Waals surface area contributed by atoms with Crippen molar-refractivity contribution in [1.82, 2.24) is 19.7 Å². The molecule has 1 saturated heterocycles. The fraction of sp³-hybridized carbons (Fsp3) is 0.423. The van der Waals surface area contributed by atoms with E-state index in [4.69, 9.17) is 9.47 Å². The fourth-order valence-corrected chi connectivity index (χ4v) is 5.12. The third kappa shape index (κ3) is 5.46. The molecule has 5 rings (SSSR count). The van der Waals surface area contributed by atoms with E-state index in [1.807, 2.05) is 41.3 Å². The highest BCUT2D eigenvalue weighted by molar-refractivity contribution is 7.99. The van der Waals surface area contributed by atoms with Gasteiger partial charge in [-0.3, -0.25) is 9.36 Å². The lowest BCUT2D eigenvalue weighted by molar-refractivity contribution is -0.129. The van der Waals surface area contributed by atoms with E-state index in [0.717, 1.165) is 59.6 Å². The zero-order valence-electron chi connectivity index (χ0n) is 20.2. The number of aryl methyl sites for hydroxylation is 1. The third-order valence-corrected chi connectivity index (χ3v) is 7.32. The molecule has 2 aliphatic rings. The number of nitrogens with zero attached hydrogens (tertiary/aromatic N) is 5. The molecule has 2 heterocycles. The second-order valence-corrected chi connectivity index (χ2v) is 9.84. The zero-order valence-corrected chi connectivity index (χ0v) is 21.0. The molecule has 35 heavy (non-hydrogen) atoms. The minimum Gasteiger partial charge on any atom is -0.497 e. The Morgan fingerprint density at radius 1 is 1.11 bits per heavy atom. The molecule has 1 aliphatic heterocycles. The second-order valence-electron chi connectivity index (χ2n) is 8.89. The van der Waals surface area contributed by atoms with Crippen LogP contribution < -0.4 is 9.64 Å². The number of methoxy groups -OCH3 is 1. The van der Waals surface area contributed by atoms with Gasteiger partial charge in [-0.15, -0.1) is 10.2 Å². The standard InChI is InChI=1S/C26H31N5O3S/c1-19-5-3-4-6-23(19)31-25(29-13-15-34-16-14-29)27-28-26(31)35-18-24(32)30(21-9-10-21)17-20-7-11-22(33-2)12-8-20/h3-8,11-12,21H,9-10,13-18H2,1-2H3. The summed E-state index contributed by atoms with van der Waals surface area (Å²) in [6.45, 7) is 5.57. The van der Waals surface area contributed by atoms with Gasteiger partial charge in [0.25, 0.3) is 0 Å². The van der Waals surface area contributed by atoms with E-state index in [1.165, 1.54) is 11.8 Å². The topological polar surface area (TPSA) is 72.7 Å². The minimum atomic E-state index is 0.126. The molecule has 1 amide bonds. The number of para-hydroxylation sites is 1. The van der Waals surface area contributed by atoms with Crippen LogP contribution in [0.2, 0.25) is 0 Å². The molecular weight excluding hydrogens is 462 g/mol. The van der Waals surface area contributed by atoms with Gasteiger partial charge in [0.1, 0.15) is 5.75 Å². The van der Waals surface area contributed by atoms with Crippen LogP contribution in [-0.4, -0.2) is 70.8 Å². The highest BCUT2D eigenvalue weighted by Gasteiger charge is 2.33. The summed E-state index contributed by atoms with van der Waals surface area (Å²) in [7, 11) is 1.66. The number of carbonyl (C=O) groups is 1. The van der Waals surface area contributed by atoms with Gasteiger partial charge in [-0.1, -0.05) is 42.1 Å². The summed E-state index contributed by atoms with van der Waals surface area (Å²) in [5, 5.41) is 9.78. The van der Waals surface area contributed by atoms with E-state index < -0.39 is 0 Å². The molecule has 0 spiro atoms. The van der Waals surface area contributed by atoms with Gasteiger partial charge in [0.05, 0.1) is 31.8 Å². The molecule has 2 fully saturated rings. The Morgan fingerprint density at radius 2 is 1.86 bits per heavy atom. The maximum atomic E-state index is 13.3. The summed E-state index contributed by atoms with van der Waals surface area (Å²) in [4.78, 5) is 17.6. The van der Waals surface area contributed by atoms with Crippen molar-refractivity contribution in [3.05, 3.63) is 59.7 Å². The molecule has 3 aromatic rings. The number of ether oxygens (including phenoxy) is 2. The lowest BCUT2D eigenvalue weighted by Crippen LogP contribution is -2.38. The number of anilines is 1. The molecule has 0 N–H and O–H groups in total. The Morgan fingerprint density at radius 3 is 2.54 bits per heavy atom. The summed E-state index contributed by atoms with van der Waals surface area (Å²) in [6.07, 6.45) is 2.13. The first-order valence-electron chi connectivity index (χ1n) is 12.0. The monoisotopic (exact) mass is 493 g/mol. The molecule has 1 aliphatic carbocycles. The molecule has 0 atom stereocenters. The number of benzene rings is 2. The van der Waals surface area contributed by atoms with Crippen molar-refractivity contribution < 1.29 is 14.3 Å². The summed E-state index contributed by atoms with van der Waals surface area (Å²) in [6, 6.07) is 16.5. The molecule has 0 unspecified atom stereocenters. The number of hydrogen-bond acceptors (Lipinski definition) is 7. The van der Waals surface area contributed by atoms with Crippen molar-refractivity contribution >= 4 is 23.6 Å². The molecule has 9 heteroatoms. The molecule has 2 aromatic carbocycles. The van der Waals surface area contributed by atoms with Crippen LogP contribution in [0.5, 0.6) is 5.75 Å². The molecule has 1 aromatic heterocycles. The van der Waals surface area contributed by atoms with Crippen molar-refractivity contribution in [2.75, 3.05) is 44.1 Å². The fourth-order valence-electron chi connectivity index (χ4n) is 4.29. The molecule has 0 bridgehead atoms. The summed E-state index contributed by atoms with van der Waals surface area (Å²) >= 11 is 1.45. The van der Waals surface area contributed by atoms with Crippen molar-refractivity contribution in [2.45, 2.75) is 37.5 Å². The Balaban J connectivity index is 1.34. The second kappa shape index (κ2) is 10.7. The van der Waals surface area contributed by atoms with Crippen LogP contribution >= 0.6 is 11.8 Å². The van der Waals surface area contributed by atoms with Gasteiger partial charge >= 0.3 is 0 Å². The Bertz CT molecular complexity index is 1160. The zero-order chi connectivity index (χ0) is 24.2. The number of carbonyl (C=O) groups excluding carboxylic acids is 1. The molecule has 184 valence electrons. The van der Waals surface area contributed by atoms with E-state index >= 15 is 0 Å². The lowest BCUT2D eigenvalue weighted by Gasteiger charge is -2.28. The SMILES string of the molecule is COc1ccc(CN(C(=O)CSc2nnc(N3CCOCC3)n2-c2ccccc2C)C2CC2)cc1. The summed E-state index contributed by atoms with van der Waals surface area (Å²) in [5.74, 6) is 2.07. The Labute approximate surface area is 210 Å². The number of amides is 1. The van der Waals surface area contributed by atoms with Crippen LogP contribution in [0.15, 0.2) is 53.7 Å². The van der Waals surface area contributed by atoms with Gasteiger partial charge in [0, 0.05) is 25.7 Å². The number of rotatable bonds is 9. The number of aromatic nitrogens is 3. The van der Waals surface area contributed by atoms with E-state index in [1.54, 1.807) is 7.11 Å². The van der Waals surface area contributed by atoms with E-state index in [0.29, 0.717) is 31.6 Å². The van der Waals surface area contributed by atoms with Gasteiger partial charge in [0.15, 0.2) is 5.16 Å². The highest BCUT2D eigenvalue weighted by Crippen LogP contribution is 2.32. The van der Waals surface area contributed by atoms with Crippen molar-refractivity contribution in [3.63, 3.8) is 0 Å². The van der Waals surface area contributed by atoms with E-state index in [-0.39, 0.29) is 5.91 Å². The maximum absolute atomic E-state index is 13.3. The van der Waals surface area contributed by atoms with E-state index in [9.17, 15) is 4.79 Å². The minimum absolute atomic E-state index is 0.126. The number of hydrogen-bond donors (Lipinski definition) is 0. The van der Waals surface area contributed by atoms with E-state index in [2.05, 4.69) is 38.7 Å². The van der Waals surface area contributed by atoms with Crippen LogP contribution in [-0.2, 0) is 16.1 Å². The number of thioether (sulfide) groups is 1. The Kier molecular flexibility index (Phi) is 7.24. The predicted octanol–water partition coefficient (Wildman–Crippen LogP) is 3.70. The first-order chi connectivity index (χ1) is 17.1. The van der Waals surface area contributed by atoms with Crippen LogP contribution in [0.25, 0.3) is 5.69 Å². The van der Waals surface area contributed by atoms with Crippen LogP contribution in [0, 0.1) is 6.92 Å².